The van der Waals surface area contributed by atoms with E-state index in [-0.39, 0.29) is 47.3 Å². The number of carbonyl (C=O) groups excluding carboxylic acids is 2. The molecule has 12 heteroatoms. The van der Waals surface area contributed by atoms with Crippen LogP contribution in [0.4, 0.5) is 5.13 Å². The van der Waals surface area contributed by atoms with E-state index in [9.17, 15) is 20.0 Å². The Morgan fingerprint density at radius 2 is 1.93 bits per heavy atom. The van der Waals surface area contributed by atoms with Gasteiger partial charge in [-0.15, -0.1) is 0 Å². The summed E-state index contributed by atoms with van der Waals surface area (Å²) in [5.74, 6) is 0.813. The average Bonchev–Trinajstić information content (AvgIpc) is 3.59. The van der Waals surface area contributed by atoms with Gasteiger partial charge in [-0.3, -0.25) is 14.5 Å². The standard InChI is InChI=1S/C34H39N7O4S/c1-20-14-40(31(44)34-16-33(17-34,18-34)19-35)7-8-41(20)24-9-22(10-24)30(43)39-32-38-25-6-5-21(11-28(25)46-32)23-12-36-29(37-13-23)15-45-27-4-2-3-26(27)42/h5-6,11-13,20,22,24,26-27,42H,2-4,7-10,14-18H2,1H3,(H,38,39,43)/t20-,22?,24?,26-,27-,33?,34?/m0/s1. The van der Waals surface area contributed by atoms with Crippen molar-refractivity contribution < 1.29 is 19.4 Å². The molecular formula is C34H39N7O4S. The number of piperazine rings is 1. The van der Waals surface area contributed by atoms with Crippen molar-refractivity contribution in [2.75, 3.05) is 25.0 Å². The Morgan fingerprint density at radius 1 is 1.15 bits per heavy atom. The maximum absolute atomic E-state index is 13.2. The highest BCUT2D eigenvalue weighted by atomic mass is 32.1. The van der Waals surface area contributed by atoms with Gasteiger partial charge in [-0.05, 0) is 76.0 Å². The van der Waals surface area contributed by atoms with Gasteiger partial charge >= 0.3 is 0 Å². The molecule has 0 spiro atoms. The molecule has 0 radical (unpaired) electrons. The summed E-state index contributed by atoms with van der Waals surface area (Å²) in [6, 6.07) is 9.00. The van der Waals surface area contributed by atoms with Gasteiger partial charge in [-0.1, -0.05) is 17.4 Å². The summed E-state index contributed by atoms with van der Waals surface area (Å²) in [6.45, 7) is 4.74. The van der Waals surface area contributed by atoms with Crippen LogP contribution in [0.1, 0.15) is 64.1 Å². The van der Waals surface area contributed by atoms with Crippen LogP contribution >= 0.6 is 11.3 Å². The molecule has 6 fully saturated rings. The molecule has 0 unspecified atom stereocenters. The van der Waals surface area contributed by atoms with Crippen molar-refractivity contribution in [1.82, 2.24) is 24.8 Å². The van der Waals surface area contributed by atoms with E-state index in [2.05, 4.69) is 38.2 Å². The number of hydrogen-bond acceptors (Lipinski definition) is 10. The number of aliphatic hydroxyl groups excluding tert-OH is 1. The predicted molar refractivity (Wildman–Crippen MR) is 171 cm³/mol. The van der Waals surface area contributed by atoms with Crippen molar-refractivity contribution in [3.05, 3.63) is 36.4 Å². The number of hydrogen-bond donors (Lipinski definition) is 2. The van der Waals surface area contributed by atoms with Gasteiger partial charge in [0.25, 0.3) is 0 Å². The number of rotatable bonds is 8. The van der Waals surface area contributed by atoms with E-state index >= 15 is 0 Å². The number of fused-ring (bicyclic) bond motifs is 1. The third-order valence-electron chi connectivity index (χ3n) is 11.1. The Kier molecular flexibility index (Phi) is 7.36. The van der Waals surface area contributed by atoms with Crippen molar-refractivity contribution >= 4 is 38.5 Å². The van der Waals surface area contributed by atoms with Crippen LogP contribution in [0, 0.1) is 28.1 Å². The average molecular weight is 642 g/mol. The van der Waals surface area contributed by atoms with E-state index in [1.807, 2.05) is 23.1 Å². The van der Waals surface area contributed by atoms with Crippen LogP contribution in [0.2, 0.25) is 0 Å². The van der Waals surface area contributed by atoms with E-state index < -0.39 is 6.10 Å². The summed E-state index contributed by atoms with van der Waals surface area (Å²) in [5.41, 5.74) is 2.23. The Hall–Kier alpha value is -3.50. The van der Waals surface area contributed by atoms with E-state index in [0.29, 0.717) is 17.0 Å². The number of benzene rings is 1. The van der Waals surface area contributed by atoms with Gasteiger partial charge < -0.3 is 20.1 Å². The zero-order valence-corrected chi connectivity index (χ0v) is 26.8. The second kappa shape index (κ2) is 11.3. The van der Waals surface area contributed by atoms with E-state index in [1.165, 1.54) is 11.3 Å². The lowest BCUT2D eigenvalue weighted by Gasteiger charge is -2.66. The second-order valence-electron chi connectivity index (χ2n) is 14.3. The van der Waals surface area contributed by atoms with E-state index in [4.69, 9.17) is 4.74 Å². The van der Waals surface area contributed by atoms with Crippen LogP contribution in [0.5, 0.6) is 0 Å². The zero-order valence-electron chi connectivity index (χ0n) is 26.0. The second-order valence-corrected chi connectivity index (χ2v) is 15.3. The molecule has 1 aliphatic heterocycles. The number of aromatic nitrogens is 3. The van der Waals surface area contributed by atoms with Crippen LogP contribution in [0.15, 0.2) is 30.6 Å². The molecule has 3 aromatic rings. The first-order valence-electron chi connectivity index (χ1n) is 16.5. The lowest BCUT2D eigenvalue weighted by atomic mass is 9.35. The molecular weight excluding hydrogens is 602 g/mol. The molecule has 3 heterocycles. The molecule has 240 valence electrons. The smallest absolute Gasteiger partial charge is 0.229 e. The fourth-order valence-electron chi connectivity index (χ4n) is 8.47. The summed E-state index contributed by atoms with van der Waals surface area (Å²) in [5, 5.41) is 22.9. The number of aliphatic hydroxyl groups is 1. The number of nitrogens with zero attached hydrogens (tertiary/aromatic N) is 6. The highest BCUT2D eigenvalue weighted by Gasteiger charge is 2.72. The van der Waals surface area contributed by atoms with Crippen LogP contribution in [0.3, 0.4) is 0 Å². The van der Waals surface area contributed by atoms with Gasteiger partial charge in [-0.25, -0.2) is 15.0 Å². The minimum absolute atomic E-state index is 0.0170. The zero-order chi connectivity index (χ0) is 31.6. The summed E-state index contributed by atoms with van der Waals surface area (Å²) in [7, 11) is 0. The summed E-state index contributed by atoms with van der Waals surface area (Å²) < 4.78 is 6.78. The minimum Gasteiger partial charge on any atom is -0.390 e. The summed E-state index contributed by atoms with van der Waals surface area (Å²) in [6.07, 6.45) is 9.53. The van der Waals surface area contributed by atoms with E-state index in [1.54, 1.807) is 12.4 Å². The Labute approximate surface area is 272 Å². The molecule has 5 aliphatic carbocycles. The van der Waals surface area contributed by atoms with Crippen molar-refractivity contribution in [2.24, 2.45) is 16.7 Å². The number of anilines is 1. The predicted octanol–water partition coefficient (Wildman–Crippen LogP) is 4.13. The Morgan fingerprint density at radius 3 is 2.63 bits per heavy atom. The molecule has 6 aliphatic rings. The highest BCUT2D eigenvalue weighted by molar-refractivity contribution is 7.22. The lowest BCUT2D eigenvalue weighted by molar-refractivity contribution is -0.198. The molecule has 5 saturated carbocycles. The maximum atomic E-state index is 13.2. The quantitative estimate of drug-likeness (QED) is 0.371. The number of carbonyl (C=O) groups is 2. The minimum atomic E-state index is -0.400. The largest absolute Gasteiger partial charge is 0.390 e. The Bertz CT molecular complexity index is 1690. The first-order valence-corrected chi connectivity index (χ1v) is 17.3. The molecule has 2 aromatic heterocycles. The van der Waals surface area contributed by atoms with Crippen molar-refractivity contribution in [3.63, 3.8) is 0 Å². The molecule has 1 aromatic carbocycles. The topological polar surface area (TPSA) is 145 Å². The molecule has 46 heavy (non-hydrogen) atoms. The third kappa shape index (κ3) is 5.18. The fourth-order valence-corrected chi connectivity index (χ4v) is 9.37. The van der Waals surface area contributed by atoms with Gasteiger partial charge in [0.1, 0.15) is 6.61 Å². The summed E-state index contributed by atoms with van der Waals surface area (Å²) in [4.78, 5) is 44.4. The number of amides is 2. The number of ether oxygens (including phenoxy) is 1. The van der Waals surface area contributed by atoms with Gasteiger partial charge in [0.2, 0.25) is 11.8 Å². The van der Waals surface area contributed by atoms with E-state index in [0.717, 1.165) is 92.3 Å². The maximum Gasteiger partial charge on any atom is 0.229 e. The molecule has 2 bridgehead atoms. The lowest BCUT2D eigenvalue weighted by Crippen LogP contribution is -2.70. The van der Waals surface area contributed by atoms with Gasteiger partial charge in [0.05, 0.1) is 39.3 Å². The number of nitrogens with one attached hydrogen (secondary N) is 1. The van der Waals surface area contributed by atoms with Crippen LogP contribution in [-0.4, -0.2) is 85.6 Å². The molecule has 2 amide bonds. The van der Waals surface area contributed by atoms with Crippen LogP contribution in [0.25, 0.3) is 21.3 Å². The first kappa shape index (κ1) is 29.9. The van der Waals surface area contributed by atoms with Crippen molar-refractivity contribution in [2.45, 2.75) is 89.2 Å². The fraction of sp³-hybridized carbons (Fsp3) is 0.588. The first-order chi connectivity index (χ1) is 22.2. The number of nitriles is 1. The van der Waals surface area contributed by atoms with Crippen LogP contribution < -0.4 is 5.32 Å². The molecule has 3 atom stereocenters. The van der Waals surface area contributed by atoms with Crippen molar-refractivity contribution in [3.8, 4) is 17.2 Å². The van der Waals surface area contributed by atoms with Crippen molar-refractivity contribution in [1.29, 1.82) is 5.26 Å². The molecule has 2 N–H and O–H groups in total. The molecule has 9 rings (SSSR count). The highest BCUT2D eigenvalue weighted by Crippen LogP contribution is 2.73. The van der Waals surface area contributed by atoms with Gasteiger partial charge in [0.15, 0.2) is 11.0 Å². The summed E-state index contributed by atoms with van der Waals surface area (Å²) >= 11 is 1.46. The van der Waals surface area contributed by atoms with Gasteiger partial charge in [-0.2, -0.15) is 5.26 Å². The normalized spacial score (nSPS) is 33.5. The van der Waals surface area contributed by atoms with Gasteiger partial charge in [0, 0.05) is 55.6 Å². The number of thiazole rings is 1. The molecule has 11 nitrogen and oxygen atoms in total. The van der Waals surface area contributed by atoms with Crippen LogP contribution in [-0.2, 0) is 20.9 Å². The monoisotopic (exact) mass is 641 g/mol. The SMILES string of the molecule is C[C@H]1CN(C(=O)C23CC(C#N)(C2)C3)CCN1C1CC(C(=O)Nc2nc3ccc(-c4cnc(CO[C@H]5CCC[C@@H]5O)nc4)cc3s2)C1. The third-order valence-corrected chi connectivity index (χ3v) is 12.1. The molecule has 1 saturated heterocycles. The Balaban J connectivity index is 0.820.